The van der Waals surface area contributed by atoms with Gasteiger partial charge in [-0.15, -0.1) is 0 Å². The molecular formula is C7H11N3O2. The van der Waals surface area contributed by atoms with E-state index in [2.05, 4.69) is 0 Å². The van der Waals surface area contributed by atoms with E-state index in [1.54, 1.807) is 0 Å². The average molecular weight is 169 g/mol. The normalized spacial score (nSPS) is 21.5. The van der Waals surface area contributed by atoms with Crippen molar-refractivity contribution in [2.45, 2.75) is 18.4 Å². The van der Waals surface area contributed by atoms with Crippen LogP contribution in [0.25, 0.3) is 0 Å². The second-order valence-electron chi connectivity index (χ2n) is 2.98. The van der Waals surface area contributed by atoms with E-state index in [4.69, 9.17) is 11.0 Å². The summed E-state index contributed by atoms with van der Waals surface area (Å²) in [7, 11) is 0. The molecule has 1 aliphatic heterocycles. The lowest BCUT2D eigenvalue weighted by molar-refractivity contribution is -0.140. The van der Waals surface area contributed by atoms with Crippen molar-refractivity contribution >= 4 is 5.91 Å². The Kier molecular flexibility index (Phi) is 2.20. The molecular weight excluding hydrogens is 158 g/mol. The predicted octanol–water partition coefficient (Wildman–Crippen LogP) is -1.22. The number of piperidine rings is 1. The van der Waals surface area contributed by atoms with Gasteiger partial charge in [-0.1, -0.05) is 0 Å². The summed E-state index contributed by atoms with van der Waals surface area (Å²) in [5.74, 6) is -0.694. The monoisotopic (exact) mass is 169 g/mol. The summed E-state index contributed by atoms with van der Waals surface area (Å²) in [5.41, 5.74) is 3.60. The highest BCUT2D eigenvalue weighted by Crippen LogP contribution is 2.20. The Bertz CT molecular complexity index is 225. The molecule has 1 amide bonds. The predicted molar refractivity (Wildman–Crippen MR) is 40.6 cm³/mol. The summed E-state index contributed by atoms with van der Waals surface area (Å²) in [6.07, 6.45) is 2.44. The zero-order chi connectivity index (χ0) is 9.19. The third-order valence-electron chi connectivity index (χ3n) is 2.19. The second kappa shape index (κ2) is 2.99. The molecule has 1 saturated heterocycles. The quantitative estimate of drug-likeness (QED) is 0.481. The van der Waals surface area contributed by atoms with E-state index in [-0.39, 0.29) is 12.8 Å². The molecule has 5 heteroatoms. The summed E-state index contributed by atoms with van der Waals surface area (Å²) in [5, 5.41) is 18.0. The number of amides is 1. The molecule has 0 saturated carbocycles. The minimum atomic E-state index is -1.40. The van der Waals surface area contributed by atoms with Gasteiger partial charge in [-0.3, -0.25) is 4.79 Å². The minimum Gasteiger partial charge on any atom is -0.380 e. The van der Waals surface area contributed by atoms with Crippen molar-refractivity contribution in [2.24, 2.45) is 5.73 Å². The van der Waals surface area contributed by atoms with Crippen molar-refractivity contribution in [3.05, 3.63) is 0 Å². The van der Waals surface area contributed by atoms with Crippen LogP contribution >= 0.6 is 0 Å². The Labute approximate surface area is 70.4 Å². The third kappa shape index (κ3) is 1.48. The molecule has 1 rings (SSSR count). The molecule has 0 aromatic rings. The van der Waals surface area contributed by atoms with Gasteiger partial charge in [-0.25, -0.2) is 0 Å². The van der Waals surface area contributed by atoms with Crippen LogP contribution in [0.2, 0.25) is 0 Å². The van der Waals surface area contributed by atoms with Crippen LogP contribution in [0.4, 0.5) is 0 Å². The van der Waals surface area contributed by atoms with Gasteiger partial charge in [-0.05, 0) is 0 Å². The highest BCUT2D eigenvalue weighted by atomic mass is 16.3. The highest BCUT2D eigenvalue weighted by molar-refractivity contribution is 5.83. The van der Waals surface area contributed by atoms with Crippen LogP contribution < -0.4 is 5.73 Å². The molecule has 66 valence electrons. The number of primary amides is 1. The van der Waals surface area contributed by atoms with Crippen molar-refractivity contribution in [1.29, 1.82) is 5.26 Å². The SMILES string of the molecule is N#CN1CCC(O)(C(N)=O)CC1. The van der Waals surface area contributed by atoms with Crippen molar-refractivity contribution in [2.75, 3.05) is 13.1 Å². The summed E-state index contributed by atoms with van der Waals surface area (Å²) in [6.45, 7) is 0.797. The number of likely N-dealkylation sites (tertiary alicyclic amines) is 1. The third-order valence-corrected chi connectivity index (χ3v) is 2.19. The summed E-state index contributed by atoms with van der Waals surface area (Å²) in [6, 6.07) is 0. The fourth-order valence-electron chi connectivity index (χ4n) is 1.22. The standard InChI is InChI=1S/C7H11N3O2/c8-5-10-3-1-7(12,2-4-10)6(9)11/h12H,1-4H2,(H2,9,11). The van der Waals surface area contributed by atoms with Gasteiger partial charge >= 0.3 is 0 Å². The number of hydrogen-bond donors (Lipinski definition) is 2. The van der Waals surface area contributed by atoms with Crippen LogP contribution in [-0.2, 0) is 4.79 Å². The first-order valence-corrected chi connectivity index (χ1v) is 3.75. The van der Waals surface area contributed by atoms with Gasteiger partial charge < -0.3 is 15.7 Å². The van der Waals surface area contributed by atoms with Crippen molar-refractivity contribution in [3.63, 3.8) is 0 Å². The Morgan fingerprint density at radius 2 is 2.08 bits per heavy atom. The number of nitrogens with two attached hydrogens (primary N) is 1. The van der Waals surface area contributed by atoms with E-state index < -0.39 is 11.5 Å². The maximum absolute atomic E-state index is 10.7. The van der Waals surface area contributed by atoms with E-state index in [0.29, 0.717) is 13.1 Å². The molecule has 1 fully saturated rings. The topological polar surface area (TPSA) is 90.3 Å². The van der Waals surface area contributed by atoms with E-state index in [1.165, 1.54) is 4.90 Å². The fourth-order valence-corrected chi connectivity index (χ4v) is 1.22. The smallest absolute Gasteiger partial charge is 0.249 e. The van der Waals surface area contributed by atoms with Gasteiger partial charge in [0.15, 0.2) is 6.19 Å². The lowest BCUT2D eigenvalue weighted by Gasteiger charge is -2.32. The van der Waals surface area contributed by atoms with Crippen LogP contribution in [0.3, 0.4) is 0 Å². The van der Waals surface area contributed by atoms with Crippen LogP contribution in [0, 0.1) is 11.5 Å². The molecule has 0 spiro atoms. The molecule has 0 radical (unpaired) electrons. The molecule has 3 N–H and O–H groups in total. The zero-order valence-electron chi connectivity index (χ0n) is 6.66. The summed E-state index contributed by atoms with van der Waals surface area (Å²) in [4.78, 5) is 12.2. The van der Waals surface area contributed by atoms with E-state index in [9.17, 15) is 9.90 Å². The maximum atomic E-state index is 10.7. The fraction of sp³-hybridized carbons (Fsp3) is 0.714. The number of aliphatic hydroxyl groups is 1. The maximum Gasteiger partial charge on any atom is 0.249 e. The Morgan fingerprint density at radius 3 is 2.42 bits per heavy atom. The van der Waals surface area contributed by atoms with Crippen LogP contribution in [0.1, 0.15) is 12.8 Å². The van der Waals surface area contributed by atoms with Gasteiger partial charge in [0.25, 0.3) is 0 Å². The summed E-state index contributed by atoms with van der Waals surface area (Å²) < 4.78 is 0. The Hall–Kier alpha value is -1.28. The number of rotatable bonds is 1. The zero-order valence-corrected chi connectivity index (χ0v) is 6.66. The first-order chi connectivity index (χ1) is 5.58. The lowest BCUT2D eigenvalue weighted by Crippen LogP contribution is -2.51. The average Bonchev–Trinajstić information content (AvgIpc) is 2.06. The Balaban J connectivity index is 2.56. The van der Waals surface area contributed by atoms with Crippen LogP contribution in [0.15, 0.2) is 0 Å². The van der Waals surface area contributed by atoms with Gasteiger partial charge in [0, 0.05) is 25.9 Å². The van der Waals surface area contributed by atoms with Crippen molar-refractivity contribution in [3.8, 4) is 6.19 Å². The molecule has 0 aliphatic carbocycles. The minimum absolute atomic E-state index is 0.246. The number of hydrogen-bond acceptors (Lipinski definition) is 4. The molecule has 0 atom stereocenters. The molecule has 12 heavy (non-hydrogen) atoms. The van der Waals surface area contributed by atoms with Crippen molar-refractivity contribution < 1.29 is 9.90 Å². The first kappa shape index (κ1) is 8.81. The molecule has 0 aromatic heterocycles. The number of nitrogens with zero attached hydrogens (tertiary/aromatic N) is 2. The Morgan fingerprint density at radius 1 is 1.58 bits per heavy atom. The molecule has 0 unspecified atom stereocenters. The van der Waals surface area contributed by atoms with Crippen LogP contribution in [-0.4, -0.2) is 34.6 Å². The van der Waals surface area contributed by atoms with E-state index >= 15 is 0 Å². The number of carbonyl (C=O) groups is 1. The van der Waals surface area contributed by atoms with Gasteiger partial charge in [0.2, 0.25) is 5.91 Å². The van der Waals surface area contributed by atoms with Gasteiger partial charge in [0.05, 0.1) is 0 Å². The molecule has 5 nitrogen and oxygen atoms in total. The second-order valence-corrected chi connectivity index (χ2v) is 2.98. The summed E-state index contributed by atoms with van der Waals surface area (Å²) >= 11 is 0. The molecule has 0 bridgehead atoms. The largest absolute Gasteiger partial charge is 0.380 e. The molecule has 0 aromatic carbocycles. The highest BCUT2D eigenvalue weighted by Gasteiger charge is 2.37. The van der Waals surface area contributed by atoms with Crippen molar-refractivity contribution in [1.82, 2.24) is 4.90 Å². The first-order valence-electron chi connectivity index (χ1n) is 3.75. The van der Waals surface area contributed by atoms with E-state index in [1.807, 2.05) is 6.19 Å². The van der Waals surface area contributed by atoms with Gasteiger partial charge in [-0.2, -0.15) is 5.26 Å². The molecule has 1 heterocycles. The number of nitriles is 1. The van der Waals surface area contributed by atoms with Crippen LogP contribution in [0.5, 0.6) is 0 Å². The number of carbonyl (C=O) groups excluding carboxylic acids is 1. The van der Waals surface area contributed by atoms with Gasteiger partial charge in [0.1, 0.15) is 5.60 Å². The molecule has 1 aliphatic rings. The van der Waals surface area contributed by atoms with E-state index in [0.717, 1.165) is 0 Å². The lowest BCUT2D eigenvalue weighted by atomic mass is 9.91.